The van der Waals surface area contributed by atoms with Crippen LogP contribution in [0.2, 0.25) is 0 Å². The second kappa shape index (κ2) is 11.4. The predicted molar refractivity (Wildman–Crippen MR) is 138 cm³/mol. The van der Waals surface area contributed by atoms with Gasteiger partial charge in [-0.1, -0.05) is 18.2 Å². The largest absolute Gasteiger partial charge is 0.461 e. The summed E-state index contributed by atoms with van der Waals surface area (Å²) in [7, 11) is -4.55. The van der Waals surface area contributed by atoms with Gasteiger partial charge in [-0.2, -0.15) is 10.2 Å². The van der Waals surface area contributed by atoms with Crippen LogP contribution in [0, 0.1) is 0 Å². The summed E-state index contributed by atoms with van der Waals surface area (Å²) in [5.74, 6) is -3.77. The number of para-hydroxylation sites is 1. The third-order valence-corrected chi connectivity index (χ3v) is 7.50. The van der Waals surface area contributed by atoms with Crippen LogP contribution in [-0.2, 0) is 23.4 Å². The number of benzene rings is 1. The Hall–Kier alpha value is -3.17. The minimum absolute atomic E-state index is 0.0611. The predicted octanol–water partition coefficient (Wildman–Crippen LogP) is 1.27. The number of aromatic nitrogens is 3. The zero-order valence-corrected chi connectivity index (χ0v) is 22.8. The molecule has 1 saturated heterocycles. The number of anilines is 1. The van der Waals surface area contributed by atoms with Crippen molar-refractivity contribution in [2.45, 2.75) is 56.6 Å². The van der Waals surface area contributed by atoms with Crippen LogP contribution in [0.25, 0.3) is 5.52 Å². The highest BCUT2D eigenvalue weighted by atomic mass is 31.2. The van der Waals surface area contributed by atoms with Gasteiger partial charge in [-0.05, 0) is 45.0 Å². The number of nitrogen functional groups attached to an aromatic ring is 1. The average molecular weight is 584 g/mol. The van der Waals surface area contributed by atoms with Crippen molar-refractivity contribution >= 4 is 25.1 Å². The Morgan fingerprint density at radius 3 is 2.67 bits per heavy atom. The molecule has 14 nitrogen and oxygen atoms in total. The van der Waals surface area contributed by atoms with Crippen LogP contribution in [0.5, 0.6) is 5.75 Å². The van der Waals surface area contributed by atoms with Crippen LogP contribution in [0.15, 0.2) is 48.8 Å². The summed E-state index contributed by atoms with van der Waals surface area (Å²) in [4.78, 5) is 16.3. The van der Waals surface area contributed by atoms with E-state index in [2.05, 4.69) is 15.2 Å². The number of nitrogens with one attached hydrogen (secondary N) is 1. The SMILES string of the molecule is C[C@H](NP(=O)(OC[C@@]1(F)O[C@@H](c2ccc3c(N)ncnn23)[C@H](O)[C@@H]1O)Oc1ccccc1)C(=O)OCC(C)(C)O. The smallest absolute Gasteiger partial charge is 0.459 e. The summed E-state index contributed by atoms with van der Waals surface area (Å²) in [6, 6.07) is 9.45. The number of halogens is 1. The fraction of sp³-hybridized carbons (Fsp3) is 0.458. The molecule has 0 aliphatic carbocycles. The lowest BCUT2D eigenvalue weighted by molar-refractivity contribution is -0.193. The number of nitrogens with two attached hydrogens (primary N) is 1. The highest BCUT2D eigenvalue weighted by Gasteiger charge is 2.57. The summed E-state index contributed by atoms with van der Waals surface area (Å²) >= 11 is 0. The van der Waals surface area contributed by atoms with Crippen LogP contribution in [0.3, 0.4) is 0 Å². The Balaban J connectivity index is 1.53. The number of aliphatic hydroxyl groups is 3. The number of carbonyl (C=O) groups is 1. The van der Waals surface area contributed by atoms with Gasteiger partial charge in [-0.3, -0.25) is 9.32 Å². The van der Waals surface area contributed by atoms with E-state index in [1.54, 1.807) is 18.2 Å². The highest BCUT2D eigenvalue weighted by molar-refractivity contribution is 7.52. The number of rotatable bonds is 11. The Labute approximate surface area is 228 Å². The van der Waals surface area contributed by atoms with E-state index < -0.39 is 56.1 Å². The monoisotopic (exact) mass is 583 g/mol. The van der Waals surface area contributed by atoms with Crippen molar-refractivity contribution in [3.63, 3.8) is 0 Å². The zero-order chi connectivity index (χ0) is 29.3. The Kier molecular flexibility index (Phi) is 8.47. The molecule has 3 heterocycles. The molecule has 40 heavy (non-hydrogen) atoms. The van der Waals surface area contributed by atoms with Crippen molar-refractivity contribution in [3.8, 4) is 5.75 Å². The first-order valence-corrected chi connectivity index (χ1v) is 13.7. The minimum atomic E-state index is -4.55. The van der Waals surface area contributed by atoms with E-state index in [0.717, 1.165) is 6.33 Å². The molecule has 6 N–H and O–H groups in total. The molecule has 0 spiro atoms. The van der Waals surface area contributed by atoms with Gasteiger partial charge in [-0.15, -0.1) is 0 Å². The number of alkyl halides is 1. The molecule has 0 radical (unpaired) electrons. The van der Waals surface area contributed by atoms with E-state index in [1.807, 2.05) is 0 Å². The lowest BCUT2D eigenvalue weighted by Gasteiger charge is -2.27. The number of aliphatic hydroxyl groups excluding tert-OH is 2. The van der Waals surface area contributed by atoms with Crippen molar-refractivity contribution in [2.24, 2.45) is 0 Å². The molecular weight excluding hydrogens is 552 g/mol. The molecule has 2 aromatic heterocycles. The molecule has 0 saturated carbocycles. The molecule has 4 rings (SSSR count). The molecular formula is C24H31FN5O9P. The Morgan fingerprint density at radius 2 is 2.00 bits per heavy atom. The third-order valence-electron chi connectivity index (χ3n) is 5.87. The summed E-state index contributed by atoms with van der Waals surface area (Å²) in [5, 5.41) is 37.4. The quantitative estimate of drug-likeness (QED) is 0.160. The molecule has 218 valence electrons. The minimum Gasteiger partial charge on any atom is -0.461 e. The van der Waals surface area contributed by atoms with Gasteiger partial charge in [0.1, 0.15) is 55.2 Å². The highest BCUT2D eigenvalue weighted by Crippen LogP contribution is 2.49. The van der Waals surface area contributed by atoms with Crippen LogP contribution in [0.1, 0.15) is 32.6 Å². The third kappa shape index (κ3) is 6.58. The molecule has 0 amide bonds. The van der Waals surface area contributed by atoms with Gasteiger partial charge in [0.15, 0.2) is 5.82 Å². The number of nitrogens with zero attached hydrogens (tertiary/aromatic N) is 3. The van der Waals surface area contributed by atoms with E-state index in [0.29, 0.717) is 5.52 Å². The standard InChI is InChI=1S/C24H31FN5O9P/c1-14(22(33)36-11-23(2,3)34)29-40(35,39-15-7-5-4-6-8-15)37-12-24(25)20(32)18(31)19(38-24)16-9-10-17-21(26)27-13-28-30(16)17/h4-10,13-14,18-20,31-32,34H,11-12H2,1-3H3,(H,29,35)(H2,26,27,28)/t14-,18-,19-,20-,24+,40?/m0/s1. The summed E-state index contributed by atoms with van der Waals surface area (Å²) in [6.45, 7) is 2.64. The molecule has 6 atom stereocenters. The maximum atomic E-state index is 15.9. The lowest BCUT2D eigenvalue weighted by atomic mass is 10.1. The van der Waals surface area contributed by atoms with Gasteiger partial charge < -0.3 is 35.1 Å². The average Bonchev–Trinajstić information content (AvgIpc) is 3.42. The van der Waals surface area contributed by atoms with E-state index in [-0.39, 0.29) is 23.9 Å². The van der Waals surface area contributed by atoms with Crippen molar-refractivity contribution in [2.75, 3.05) is 18.9 Å². The topological polar surface area (TPSA) is 200 Å². The Bertz CT molecular complexity index is 1390. The van der Waals surface area contributed by atoms with Gasteiger partial charge in [0, 0.05) is 0 Å². The molecule has 1 aromatic carbocycles. The van der Waals surface area contributed by atoms with Gasteiger partial charge >= 0.3 is 13.7 Å². The first-order valence-electron chi connectivity index (χ1n) is 12.2. The van der Waals surface area contributed by atoms with Crippen molar-refractivity contribution < 1.29 is 47.6 Å². The molecule has 16 heteroatoms. The van der Waals surface area contributed by atoms with Gasteiger partial charge in [0.2, 0.25) is 0 Å². The summed E-state index contributed by atoms with van der Waals surface area (Å²) < 4.78 is 52.1. The second-order valence-electron chi connectivity index (χ2n) is 9.91. The fourth-order valence-electron chi connectivity index (χ4n) is 3.86. The maximum absolute atomic E-state index is 15.9. The van der Waals surface area contributed by atoms with Gasteiger partial charge in [0.05, 0.1) is 11.3 Å². The first-order chi connectivity index (χ1) is 18.7. The van der Waals surface area contributed by atoms with E-state index >= 15 is 4.39 Å². The maximum Gasteiger partial charge on any atom is 0.459 e. The molecule has 1 aliphatic heterocycles. The Morgan fingerprint density at radius 1 is 1.30 bits per heavy atom. The van der Waals surface area contributed by atoms with Gasteiger partial charge in [0.25, 0.3) is 5.85 Å². The number of esters is 1. The lowest BCUT2D eigenvalue weighted by Crippen LogP contribution is -2.44. The van der Waals surface area contributed by atoms with Crippen LogP contribution in [-0.4, -0.2) is 78.8 Å². The number of ether oxygens (including phenoxy) is 2. The number of carbonyl (C=O) groups excluding carboxylic acids is 1. The normalized spacial score (nSPS) is 25.4. The summed E-state index contributed by atoms with van der Waals surface area (Å²) in [5.41, 5.74) is 5.05. The van der Waals surface area contributed by atoms with Gasteiger partial charge in [-0.25, -0.2) is 18.5 Å². The number of hydrogen-bond acceptors (Lipinski definition) is 12. The van der Waals surface area contributed by atoms with E-state index in [1.165, 1.54) is 49.6 Å². The van der Waals surface area contributed by atoms with Crippen LogP contribution >= 0.6 is 7.75 Å². The van der Waals surface area contributed by atoms with Crippen molar-refractivity contribution in [1.82, 2.24) is 19.7 Å². The molecule has 1 fully saturated rings. The van der Waals surface area contributed by atoms with E-state index in [9.17, 15) is 24.7 Å². The van der Waals surface area contributed by atoms with Crippen LogP contribution in [0.4, 0.5) is 10.2 Å². The molecule has 0 bridgehead atoms. The fourth-order valence-corrected chi connectivity index (χ4v) is 5.36. The van der Waals surface area contributed by atoms with E-state index in [4.69, 9.17) is 24.3 Å². The second-order valence-corrected chi connectivity index (χ2v) is 11.6. The zero-order valence-electron chi connectivity index (χ0n) is 21.9. The first kappa shape index (κ1) is 29.8. The molecule has 3 aromatic rings. The molecule has 1 aliphatic rings. The van der Waals surface area contributed by atoms with Crippen molar-refractivity contribution in [3.05, 3.63) is 54.5 Å². The van der Waals surface area contributed by atoms with Crippen LogP contribution < -0.4 is 15.3 Å². The molecule has 1 unspecified atom stereocenters. The number of hydrogen-bond donors (Lipinski definition) is 5. The number of fused-ring (bicyclic) bond motifs is 1. The summed E-state index contributed by atoms with van der Waals surface area (Å²) in [6.07, 6.45) is -4.17. The van der Waals surface area contributed by atoms with Crippen molar-refractivity contribution in [1.29, 1.82) is 0 Å².